The average Bonchev–Trinajstić information content (AvgIpc) is 3.13. The molecule has 0 unspecified atom stereocenters. The van der Waals surface area contributed by atoms with E-state index in [4.69, 9.17) is 4.52 Å². The Hall–Kier alpha value is -2.17. The van der Waals surface area contributed by atoms with E-state index in [0.717, 1.165) is 42.0 Å². The number of aromatic nitrogens is 1. The van der Waals surface area contributed by atoms with E-state index in [1.165, 1.54) is 12.1 Å². The van der Waals surface area contributed by atoms with Crippen LogP contribution in [0.2, 0.25) is 0 Å². The van der Waals surface area contributed by atoms with Crippen molar-refractivity contribution in [2.75, 3.05) is 19.6 Å². The predicted octanol–water partition coefficient (Wildman–Crippen LogP) is 2.97. The van der Waals surface area contributed by atoms with Crippen LogP contribution in [0.15, 0.2) is 33.8 Å². The second kappa shape index (κ2) is 13.9. The van der Waals surface area contributed by atoms with Crippen molar-refractivity contribution in [2.24, 2.45) is 4.99 Å². The van der Waals surface area contributed by atoms with Gasteiger partial charge in [0.1, 0.15) is 11.6 Å². The van der Waals surface area contributed by atoms with E-state index in [-0.39, 0.29) is 42.1 Å². The summed E-state index contributed by atoms with van der Waals surface area (Å²) in [6.07, 6.45) is 1.81. The Balaban J connectivity index is 0.00000450. The van der Waals surface area contributed by atoms with Gasteiger partial charge in [0.15, 0.2) is 5.96 Å². The van der Waals surface area contributed by atoms with E-state index in [2.05, 4.69) is 26.1 Å². The lowest BCUT2D eigenvalue weighted by Crippen LogP contribution is -2.41. The Labute approximate surface area is 194 Å². The lowest BCUT2D eigenvalue weighted by atomic mass is 10.1. The zero-order chi connectivity index (χ0) is 21.1. The third kappa shape index (κ3) is 8.29. The Bertz CT molecular complexity index is 787. The van der Waals surface area contributed by atoms with Crippen molar-refractivity contribution in [3.05, 3.63) is 52.7 Å². The molecule has 0 aliphatic carbocycles. The minimum absolute atomic E-state index is 0. The van der Waals surface area contributed by atoms with Gasteiger partial charge in [-0.3, -0.25) is 4.79 Å². The van der Waals surface area contributed by atoms with Gasteiger partial charge >= 0.3 is 0 Å². The largest absolute Gasteiger partial charge is 0.361 e. The van der Waals surface area contributed by atoms with E-state index in [0.29, 0.717) is 25.6 Å². The lowest BCUT2D eigenvalue weighted by molar-refractivity contribution is -0.120. The van der Waals surface area contributed by atoms with E-state index in [1.807, 2.05) is 20.8 Å². The minimum atomic E-state index is -0.308. The number of aliphatic imine (C=N–C) groups is 1. The number of amides is 1. The molecule has 0 bridgehead atoms. The molecular formula is C21H31FIN5O2. The summed E-state index contributed by atoms with van der Waals surface area (Å²) in [5.74, 6) is 1.13. The van der Waals surface area contributed by atoms with Crippen molar-refractivity contribution in [1.29, 1.82) is 0 Å². The van der Waals surface area contributed by atoms with Crippen LogP contribution in [0.1, 0.15) is 43.4 Å². The van der Waals surface area contributed by atoms with Gasteiger partial charge in [0.05, 0.1) is 18.7 Å². The first-order valence-corrected chi connectivity index (χ1v) is 10.1. The Morgan fingerprint density at radius 2 is 1.77 bits per heavy atom. The molecule has 1 aromatic heterocycles. The molecular weight excluding hydrogens is 500 g/mol. The fourth-order valence-electron chi connectivity index (χ4n) is 2.85. The van der Waals surface area contributed by atoms with Crippen molar-refractivity contribution < 1.29 is 13.7 Å². The summed E-state index contributed by atoms with van der Waals surface area (Å²) in [4.78, 5) is 16.6. The summed E-state index contributed by atoms with van der Waals surface area (Å²) in [5.41, 5.74) is 2.76. The maximum atomic E-state index is 12.9. The first-order valence-electron chi connectivity index (χ1n) is 10.1. The number of carbonyl (C=O) groups excluding carboxylic acids is 1. The van der Waals surface area contributed by atoms with Crippen molar-refractivity contribution >= 4 is 35.8 Å². The Kier molecular flexibility index (Phi) is 12.0. The summed E-state index contributed by atoms with van der Waals surface area (Å²) >= 11 is 0. The molecule has 166 valence electrons. The molecule has 3 N–H and O–H groups in total. The molecule has 0 fully saturated rings. The topological polar surface area (TPSA) is 91.6 Å². The van der Waals surface area contributed by atoms with Gasteiger partial charge in [-0.2, -0.15) is 0 Å². The van der Waals surface area contributed by atoms with E-state index >= 15 is 0 Å². The van der Waals surface area contributed by atoms with Gasteiger partial charge in [0.2, 0.25) is 5.91 Å². The number of hydrogen-bond donors (Lipinski definition) is 3. The number of aryl methyl sites for hydroxylation is 2. The molecule has 0 saturated carbocycles. The van der Waals surface area contributed by atoms with Crippen molar-refractivity contribution in [3.8, 4) is 0 Å². The maximum Gasteiger partial charge on any atom is 0.224 e. The van der Waals surface area contributed by atoms with Gasteiger partial charge in [-0.1, -0.05) is 31.1 Å². The summed E-state index contributed by atoms with van der Waals surface area (Å²) in [7, 11) is 0. The van der Waals surface area contributed by atoms with Crippen LogP contribution in [-0.2, 0) is 30.6 Å². The number of nitrogens with zero attached hydrogens (tertiary/aromatic N) is 2. The van der Waals surface area contributed by atoms with Crippen LogP contribution < -0.4 is 16.0 Å². The monoisotopic (exact) mass is 531 g/mol. The number of rotatable bonds is 10. The summed E-state index contributed by atoms with van der Waals surface area (Å²) in [6.45, 7) is 8.28. The molecule has 2 rings (SSSR count). The van der Waals surface area contributed by atoms with Gasteiger partial charge in [-0.25, -0.2) is 9.38 Å². The van der Waals surface area contributed by atoms with Crippen molar-refractivity contribution in [2.45, 2.75) is 46.6 Å². The highest BCUT2D eigenvalue weighted by molar-refractivity contribution is 14.0. The molecule has 0 aliphatic heterocycles. The van der Waals surface area contributed by atoms with Gasteiger partial charge < -0.3 is 20.5 Å². The maximum absolute atomic E-state index is 12.9. The fraction of sp³-hybridized carbons (Fsp3) is 0.476. The first kappa shape index (κ1) is 25.9. The third-order valence-electron chi connectivity index (χ3n) is 4.36. The van der Waals surface area contributed by atoms with Crippen molar-refractivity contribution in [1.82, 2.24) is 21.1 Å². The van der Waals surface area contributed by atoms with Crippen LogP contribution in [0.25, 0.3) is 0 Å². The molecule has 0 radical (unpaired) electrons. The van der Waals surface area contributed by atoms with Crippen LogP contribution in [0.4, 0.5) is 4.39 Å². The molecule has 30 heavy (non-hydrogen) atoms. The van der Waals surface area contributed by atoms with Gasteiger partial charge in [0.25, 0.3) is 0 Å². The number of halogens is 2. The van der Waals surface area contributed by atoms with Gasteiger partial charge in [0, 0.05) is 31.6 Å². The fourth-order valence-corrected chi connectivity index (χ4v) is 2.85. The number of carbonyl (C=O) groups is 1. The molecule has 1 amide bonds. The molecule has 2 aromatic rings. The zero-order valence-corrected chi connectivity index (χ0v) is 20.1. The second-order valence-electron chi connectivity index (χ2n) is 6.51. The summed E-state index contributed by atoms with van der Waals surface area (Å²) in [5, 5.41) is 13.4. The van der Waals surface area contributed by atoms with Crippen LogP contribution >= 0.6 is 24.0 Å². The molecule has 0 spiro atoms. The second-order valence-corrected chi connectivity index (χ2v) is 6.51. The normalized spacial score (nSPS) is 11.0. The highest BCUT2D eigenvalue weighted by atomic mass is 127. The SMILES string of the molecule is CCNC(=NCc1c(CC)noc1CC)NCCNC(=O)Cc1ccc(F)cc1.I. The quantitative estimate of drug-likeness (QED) is 0.190. The molecule has 1 aromatic carbocycles. The average molecular weight is 531 g/mol. The molecule has 9 heteroatoms. The van der Waals surface area contributed by atoms with E-state index < -0.39 is 0 Å². The molecule has 0 aliphatic rings. The Morgan fingerprint density at radius 3 is 2.40 bits per heavy atom. The summed E-state index contributed by atoms with van der Waals surface area (Å²) in [6, 6.07) is 5.94. The molecule has 1 heterocycles. The van der Waals surface area contributed by atoms with Gasteiger partial charge in [-0.15, -0.1) is 24.0 Å². The van der Waals surface area contributed by atoms with E-state index in [1.54, 1.807) is 12.1 Å². The predicted molar refractivity (Wildman–Crippen MR) is 127 cm³/mol. The first-order chi connectivity index (χ1) is 14.1. The Morgan fingerprint density at radius 1 is 1.07 bits per heavy atom. The van der Waals surface area contributed by atoms with Gasteiger partial charge in [-0.05, 0) is 31.0 Å². The molecule has 0 atom stereocenters. The van der Waals surface area contributed by atoms with Crippen LogP contribution in [0, 0.1) is 5.82 Å². The highest BCUT2D eigenvalue weighted by Crippen LogP contribution is 2.16. The third-order valence-corrected chi connectivity index (χ3v) is 4.36. The summed E-state index contributed by atoms with van der Waals surface area (Å²) < 4.78 is 18.3. The molecule has 0 saturated heterocycles. The number of benzene rings is 1. The number of nitrogens with one attached hydrogen (secondary N) is 3. The number of hydrogen-bond acceptors (Lipinski definition) is 4. The minimum Gasteiger partial charge on any atom is -0.361 e. The lowest BCUT2D eigenvalue weighted by Gasteiger charge is -2.12. The smallest absolute Gasteiger partial charge is 0.224 e. The van der Waals surface area contributed by atoms with Crippen LogP contribution in [-0.4, -0.2) is 36.7 Å². The van der Waals surface area contributed by atoms with Crippen LogP contribution in [0.5, 0.6) is 0 Å². The standard InChI is InChI=1S/C21H30FN5O2.HI/c1-4-18-17(19(5-2)29-27-18)14-26-21(23-6-3)25-12-11-24-20(28)13-15-7-9-16(22)10-8-15;/h7-10H,4-6,11-14H2,1-3H3,(H,24,28)(H2,23,25,26);1H. The highest BCUT2D eigenvalue weighted by Gasteiger charge is 2.13. The number of guanidine groups is 1. The van der Waals surface area contributed by atoms with Crippen molar-refractivity contribution in [3.63, 3.8) is 0 Å². The molecule has 7 nitrogen and oxygen atoms in total. The zero-order valence-electron chi connectivity index (χ0n) is 17.8. The van der Waals surface area contributed by atoms with E-state index in [9.17, 15) is 9.18 Å². The van der Waals surface area contributed by atoms with Crippen LogP contribution in [0.3, 0.4) is 0 Å².